The zero-order valence-corrected chi connectivity index (χ0v) is 10.3. The number of aryl methyl sites for hydroxylation is 1. The molecule has 0 bridgehead atoms. The second-order valence-corrected chi connectivity index (χ2v) is 3.83. The van der Waals surface area contributed by atoms with Gasteiger partial charge in [0, 0.05) is 5.56 Å². The molecule has 0 spiro atoms. The van der Waals surface area contributed by atoms with E-state index in [9.17, 15) is 4.79 Å². The van der Waals surface area contributed by atoms with Crippen LogP contribution in [-0.4, -0.2) is 18.2 Å². The van der Waals surface area contributed by atoms with Crippen molar-refractivity contribution in [3.63, 3.8) is 0 Å². The minimum Gasteiger partial charge on any atom is -0.495 e. The van der Waals surface area contributed by atoms with Gasteiger partial charge in [0.1, 0.15) is 5.75 Å². The molecule has 0 aromatic heterocycles. The van der Waals surface area contributed by atoms with E-state index >= 15 is 0 Å². The van der Waals surface area contributed by atoms with Crippen LogP contribution in [0.5, 0.6) is 5.75 Å². The molecule has 76 valence electrons. The molecule has 0 atom stereocenters. The summed E-state index contributed by atoms with van der Waals surface area (Å²) in [6.07, 6.45) is 0. The maximum Gasteiger partial charge on any atom is 0.173 e. The van der Waals surface area contributed by atoms with Gasteiger partial charge in [-0.15, -0.1) is 0 Å². The first kappa shape index (κ1) is 11.5. The topological polar surface area (TPSA) is 26.3 Å². The van der Waals surface area contributed by atoms with Crippen LogP contribution in [0, 0.1) is 6.92 Å². The Morgan fingerprint density at radius 1 is 1.57 bits per heavy atom. The Kier molecular flexibility index (Phi) is 3.96. The van der Waals surface area contributed by atoms with Gasteiger partial charge >= 0.3 is 0 Å². The molecule has 1 rings (SSSR count). The zero-order valence-electron chi connectivity index (χ0n) is 7.93. The molecule has 4 heteroatoms. The number of halogens is 2. The molecule has 2 nitrogen and oxygen atoms in total. The van der Waals surface area contributed by atoms with Crippen LogP contribution in [0.15, 0.2) is 12.1 Å². The van der Waals surface area contributed by atoms with Crippen LogP contribution >= 0.6 is 27.5 Å². The van der Waals surface area contributed by atoms with Gasteiger partial charge in [-0.1, -0.05) is 27.5 Å². The molecule has 0 amide bonds. The van der Waals surface area contributed by atoms with Crippen molar-refractivity contribution >= 4 is 33.3 Å². The SMILES string of the molecule is COc1cc(C(=O)CBr)c(C)cc1Cl. The first-order valence-electron chi connectivity index (χ1n) is 4.03. The van der Waals surface area contributed by atoms with E-state index in [2.05, 4.69) is 15.9 Å². The predicted octanol–water partition coefficient (Wildman–Crippen LogP) is 3.23. The highest BCUT2D eigenvalue weighted by Gasteiger charge is 2.11. The van der Waals surface area contributed by atoms with Gasteiger partial charge in [-0.05, 0) is 24.6 Å². The second kappa shape index (κ2) is 4.80. The molecular weight excluding hydrogens is 267 g/mol. The molecule has 0 heterocycles. The normalized spacial score (nSPS) is 10.0. The van der Waals surface area contributed by atoms with E-state index in [-0.39, 0.29) is 5.78 Å². The molecular formula is C10H10BrClO2. The third-order valence-electron chi connectivity index (χ3n) is 1.92. The Balaban J connectivity index is 3.24. The van der Waals surface area contributed by atoms with Gasteiger partial charge in [-0.25, -0.2) is 0 Å². The summed E-state index contributed by atoms with van der Waals surface area (Å²) < 4.78 is 5.04. The molecule has 0 unspecified atom stereocenters. The molecule has 0 saturated carbocycles. The Labute approximate surface area is 96.3 Å². The fraction of sp³-hybridized carbons (Fsp3) is 0.300. The van der Waals surface area contributed by atoms with Gasteiger partial charge in [0.2, 0.25) is 0 Å². The molecule has 0 saturated heterocycles. The van der Waals surface area contributed by atoms with Crippen molar-refractivity contribution in [3.05, 3.63) is 28.3 Å². The van der Waals surface area contributed by atoms with Crippen molar-refractivity contribution in [1.29, 1.82) is 0 Å². The van der Waals surface area contributed by atoms with E-state index in [0.29, 0.717) is 21.7 Å². The highest BCUT2D eigenvalue weighted by molar-refractivity contribution is 9.09. The third-order valence-corrected chi connectivity index (χ3v) is 2.73. The van der Waals surface area contributed by atoms with Gasteiger partial charge in [0.15, 0.2) is 5.78 Å². The molecule has 1 aromatic rings. The van der Waals surface area contributed by atoms with Crippen molar-refractivity contribution in [2.24, 2.45) is 0 Å². The molecule has 0 aliphatic carbocycles. The maximum absolute atomic E-state index is 11.5. The van der Waals surface area contributed by atoms with Gasteiger partial charge < -0.3 is 4.74 Å². The van der Waals surface area contributed by atoms with Crippen LogP contribution in [0.2, 0.25) is 5.02 Å². The van der Waals surface area contributed by atoms with Gasteiger partial charge in [0.25, 0.3) is 0 Å². The molecule has 0 radical (unpaired) electrons. The lowest BCUT2D eigenvalue weighted by atomic mass is 10.1. The van der Waals surface area contributed by atoms with Crippen molar-refractivity contribution in [2.45, 2.75) is 6.92 Å². The van der Waals surface area contributed by atoms with E-state index in [1.165, 1.54) is 7.11 Å². The summed E-state index contributed by atoms with van der Waals surface area (Å²) in [7, 11) is 1.53. The number of rotatable bonds is 3. The standard InChI is InChI=1S/C10H10BrClO2/c1-6-3-8(12)10(14-2)4-7(6)9(13)5-11/h3-4H,5H2,1-2H3. The number of Topliss-reactive ketones (excluding diaryl/α,β-unsaturated/α-hetero) is 1. The van der Waals surface area contributed by atoms with Gasteiger partial charge in [-0.3, -0.25) is 4.79 Å². The average molecular weight is 278 g/mol. The summed E-state index contributed by atoms with van der Waals surface area (Å²) in [5.41, 5.74) is 1.50. The molecule has 1 aromatic carbocycles. The number of carbonyl (C=O) groups is 1. The molecule has 0 aliphatic rings. The first-order valence-corrected chi connectivity index (χ1v) is 5.53. The summed E-state index contributed by atoms with van der Waals surface area (Å²) in [4.78, 5) is 11.5. The van der Waals surface area contributed by atoms with Crippen molar-refractivity contribution in [2.75, 3.05) is 12.4 Å². The van der Waals surface area contributed by atoms with Crippen molar-refractivity contribution in [3.8, 4) is 5.75 Å². The van der Waals surface area contributed by atoms with Crippen LogP contribution in [0.25, 0.3) is 0 Å². The number of carbonyl (C=O) groups excluding carboxylic acids is 1. The molecule has 0 aliphatic heterocycles. The zero-order chi connectivity index (χ0) is 10.7. The minimum absolute atomic E-state index is 0.0254. The largest absolute Gasteiger partial charge is 0.495 e. The second-order valence-electron chi connectivity index (χ2n) is 2.86. The smallest absolute Gasteiger partial charge is 0.173 e. The summed E-state index contributed by atoms with van der Waals surface area (Å²) in [6.45, 7) is 1.85. The van der Waals surface area contributed by atoms with Crippen molar-refractivity contribution < 1.29 is 9.53 Å². The number of alkyl halides is 1. The van der Waals surface area contributed by atoms with E-state index < -0.39 is 0 Å². The van der Waals surface area contributed by atoms with Crippen molar-refractivity contribution in [1.82, 2.24) is 0 Å². The number of benzene rings is 1. The Bertz CT molecular complexity index is 363. The van der Waals surface area contributed by atoms with Crippen LogP contribution in [0.1, 0.15) is 15.9 Å². The summed E-state index contributed by atoms with van der Waals surface area (Å²) >= 11 is 9.03. The summed E-state index contributed by atoms with van der Waals surface area (Å²) in [5.74, 6) is 0.555. The van der Waals surface area contributed by atoms with Crippen LogP contribution < -0.4 is 4.74 Å². The maximum atomic E-state index is 11.5. The predicted molar refractivity (Wildman–Crippen MR) is 60.9 cm³/mol. The summed E-state index contributed by atoms with van der Waals surface area (Å²) in [6, 6.07) is 3.40. The lowest BCUT2D eigenvalue weighted by molar-refractivity contribution is 0.102. The van der Waals surface area contributed by atoms with Crippen LogP contribution in [-0.2, 0) is 0 Å². The lowest BCUT2D eigenvalue weighted by Crippen LogP contribution is -2.03. The number of hydrogen-bond acceptors (Lipinski definition) is 2. The first-order chi connectivity index (χ1) is 6.60. The third kappa shape index (κ3) is 2.28. The monoisotopic (exact) mass is 276 g/mol. The molecule has 14 heavy (non-hydrogen) atoms. The number of hydrogen-bond donors (Lipinski definition) is 0. The van der Waals surface area contributed by atoms with E-state index in [0.717, 1.165) is 5.56 Å². The van der Waals surface area contributed by atoms with Gasteiger partial charge in [-0.2, -0.15) is 0 Å². The molecule has 0 fully saturated rings. The molecule has 0 N–H and O–H groups in total. The minimum atomic E-state index is 0.0254. The van der Waals surface area contributed by atoms with E-state index in [1.807, 2.05) is 6.92 Å². The fourth-order valence-corrected chi connectivity index (χ4v) is 1.78. The summed E-state index contributed by atoms with van der Waals surface area (Å²) in [5, 5.41) is 0.828. The lowest BCUT2D eigenvalue weighted by Gasteiger charge is -2.08. The van der Waals surface area contributed by atoms with Crippen LogP contribution in [0.3, 0.4) is 0 Å². The highest BCUT2D eigenvalue weighted by Crippen LogP contribution is 2.28. The number of methoxy groups -OCH3 is 1. The highest BCUT2D eigenvalue weighted by atomic mass is 79.9. The average Bonchev–Trinajstić information content (AvgIpc) is 2.17. The number of ketones is 1. The Morgan fingerprint density at radius 3 is 2.71 bits per heavy atom. The number of ether oxygens (including phenoxy) is 1. The fourth-order valence-electron chi connectivity index (χ4n) is 1.18. The van der Waals surface area contributed by atoms with E-state index in [1.54, 1.807) is 12.1 Å². The van der Waals surface area contributed by atoms with E-state index in [4.69, 9.17) is 16.3 Å². The Morgan fingerprint density at radius 2 is 2.21 bits per heavy atom. The quantitative estimate of drug-likeness (QED) is 0.626. The Hall–Kier alpha value is -0.540. The van der Waals surface area contributed by atoms with Gasteiger partial charge in [0.05, 0.1) is 17.5 Å². The van der Waals surface area contributed by atoms with Crippen LogP contribution in [0.4, 0.5) is 0 Å².